The van der Waals surface area contributed by atoms with Gasteiger partial charge in [0.1, 0.15) is 0 Å². The van der Waals surface area contributed by atoms with Crippen LogP contribution < -0.4 is 5.32 Å². The van der Waals surface area contributed by atoms with Crippen molar-refractivity contribution in [2.75, 3.05) is 6.61 Å². The lowest BCUT2D eigenvalue weighted by molar-refractivity contribution is -0.123. The molecule has 0 saturated carbocycles. The first-order chi connectivity index (χ1) is 28.2. The van der Waals surface area contributed by atoms with Crippen molar-refractivity contribution in [2.24, 2.45) is 0 Å². The Balaban J connectivity index is 3.54. The van der Waals surface area contributed by atoms with E-state index < -0.39 is 12.1 Å². The molecular weight excluding hydrogens is 699 g/mol. The van der Waals surface area contributed by atoms with Gasteiger partial charge in [-0.15, -0.1) is 0 Å². The normalized spacial score (nSPS) is 13.7. The second kappa shape index (κ2) is 47.9. The van der Waals surface area contributed by atoms with Crippen LogP contribution in [0.1, 0.15) is 226 Å². The van der Waals surface area contributed by atoms with Crippen LogP contribution >= 0.6 is 0 Å². The average Bonchev–Trinajstić information content (AvgIpc) is 3.22. The SMILES string of the molecule is CC/C=C\C/C=C\C/C=C\C/C=C\C/C=C\C/C=C\C/C=C\CCCCCCCCCCCCCC(=O)NC(CO)C(O)CCCCCCCCCCCCCC. The fraction of sp³-hybridized carbons (Fsp3) is 0.717. The predicted octanol–water partition coefficient (Wildman–Crippen LogP) is 15.6. The molecule has 2 unspecified atom stereocenters. The molecule has 4 heteroatoms. The molecule has 0 aromatic rings. The molecule has 0 aliphatic heterocycles. The first kappa shape index (κ1) is 54.6. The molecule has 0 radical (unpaired) electrons. The van der Waals surface area contributed by atoms with E-state index in [4.69, 9.17) is 0 Å². The van der Waals surface area contributed by atoms with E-state index in [0.717, 1.165) is 70.6 Å². The maximum atomic E-state index is 12.4. The Bertz CT molecular complexity index is 1030. The van der Waals surface area contributed by atoms with Crippen LogP contribution in [0, 0.1) is 0 Å². The molecule has 0 heterocycles. The van der Waals surface area contributed by atoms with Crippen molar-refractivity contribution in [3.63, 3.8) is 0 Å². The lowest BCUT2D eigenvalue weighted by Gasteiger charge is -2.22. The van der Waals surface area contributed by atoms with Crippen molar-refractivity contribution in [3.05, 3.63) is 85.1 Å². The molecule has 0 aliphatic rings. The van der Waals surface area contributed by atoms with Crippen LogP contribution in [-0.2, 0) is 4.79 Å². The van der Waals surface area contributed by atoms with Gasteiger partial charge in [-0.1, -0.05) is 234 Å². The lowest BCUT2D eigenvalue weighted by Crippen LogP contribution is -2.45. The van der Waals surface area contributed by atoms with Gasteiger partial charge in [0.2, 0.25) is 5.91 Å². The standard InChI is InChI=1S/C53H93NO3/c1-3-5-7-9-11-13-15-17-18-19-20-21-22-23-24-25-26-27-28-29-30-31-32-33-34-35-36-37-39-41-43-45-47-49-53(57)54-51(50-55)52(56)48-46-44-42-40-38-16-14-12-10-8-6-4-2/h5,7,11,13,17-18,20-21,23-24,26-27,29-30,51-52,55-56H,3-4,6,8-10,12,14-16,19,22,25,28,31-50H2,1-2H3,(H,54,57)/b7-5-,13-11-,18-17-,21-20-,24-23-,27-26-,30-29-. The van der Waals surface area contributed by atoms with Crippen molar-refractivity contribution in [2.45, 2.75) is 238 Å². The highest BCUT2D eigenvalue weighted by atomic mass is 16.3. The van der Waals surface area contributed by atoms with E-state index in [2.05, 4.69) is 104 Å². The van der Waals surface area contributed by atoms with E-state index in [1.807, 2.05) is 0 Å². The average molecular weight is 792 g/mol. The Morgan fingerprint density at radius 3 is 1.16 bits per heavy atom. The molecule has 57 heavy (non-hydrogen) atoms. The van der Waals surface area contributed by atoms with E-state index in [9.17, 15) is 15.0 Å². The minimum Gasteiger partial charge on any atom is -0.394 e. The summed E-state index contributed by atoms with van der Waals surface area (Å²) in [5.41, 5.74) is 0. The second-order valence-electron chi connectivity index (χ2n) is 16.2. The highest BCUT2D eigenvalue weighted by Gasteiger charge is 2.20. The van der Waals surface area contributed by atoms with Crippen LogP contribution in [-0.4, -0.2) is 34.9 Å². The minimum atomic E-state index is -0.663. The molecule has 0 aromatic carbocycles. The van der Waals surface area contributed by atoms with Crippen molar-refractivity contribution < 1.29 is 15.0 Å². The molecule has 4 nitrogen and oxygen atoms in total. The monoisotopic (exact) mass is 792 g/mol. The topological polar surface area (TPSA) is 69.6 Å². The van der Waals surface area contributed by atoms with Crippen LogP contribution in [0.5, 0.6) is 0 Å². The second-order valence-corrected chi connectivity index (χ2v) is 16.2. The molecule has 0 bridgehead atoms. The number of unbranched alkanes of at least 4 members (excludes halogenated alkanes) is 22. The first-order valence-corrected chi connectivity index (χ1v) is 24.3. The number of amides is 1. The zero-order valence-electron chi connectivity index (χ0n) is 37.6. The zero-order chi connectivity index (χ0) is 41.4. The highest BCUT2D eigenvalue weighted by Crippen LogP contribution is 2.15. The third-order valence-corrected chi connectivity index (χ3v) is 10.7. The molecule has 0 aromatic heterocycles. The molecule has 3 N–H and O–H groups in total. The van der Waals surface area contributed by atoms with Gasteiger partial charge in [-0.3, -0.25) is 4.79 Å². The number of aliphatic hydroxyl groups is 2. The molecule has 0 rings (SSSR count). The number of allylic oxidation sites excluding steroid dienone is 14. The lowest BCUT2D eigenvalue weighted by atomic mass is 10.0. The summed E-state index contributed by atoms with van der Waals surface area (Å²) < 4.78 is 0. The number of rotatable bonds is 43. The number of hydrogen-bond acceptors (Lipinski definition) is 3. The van der Waals surface area contributed by atoms with Gasteiger partial charge in [0.05, 0.1) is 18.8 Å². The summed E-state index contributed by atoms with van der Waals surface area (Å²) >= 11 is 0. The molecule has 1 amide bonds. The highest BCUT2D eigenvalue weighted by molar-refractivity contribution is 5.76. The summed E-state index contributed by atoms with van der Waals surface area (Å²) in [6, 6.07) is -0.541. The summed E-state index contributed by atoms with van der Waals surface area (Å²) in [5.74, 6) is -0.0387. The van der Waals surface area contributed by atoms with Gasteiger partial charge in [-0.05, 0) is 70.6 Å². The van der Waals surface area contributed by atoms with Crippen LogP contribution in [0.25, 0.3) is 0 Å². The quantitative estimate of drug-likeness (QED) is 0.0425. The third-order valence-electron chi connectivity index (χ3n) is 10.7. The smallest absolute Gasteiger partial charge is 0.220 e. The predicted molar refractivity (Wildman–Crippen MR) is 253 cm³/mol. The van der Waals surface area contributed by atoms with Crippen molar-refractivity contribution in [1.29, 1.82) is 0 Å². The molecule has 0 aliphatic carbocycles. The van der Waals surface area contributed by atoms with Crippen LogP contribution in [0.4, 0.5) is 0 Å². The van der Waals surface area contributed by atoms with Gasteiger partial charge in [0.25, 0.3) is 0 Å². The van der Waals surface area contributed by atoms with Crippen molar-refractivity contribution in [1.82, 2.24) is 5.32 Å². The summed E-state index contributed by atoms with van der Waals surface area (Å²) in [5, 5.41) is 23.2. The Kier molecular flexibility index (Phi) is 45.9. The van der Waals surface area contributed by atoms with Crippen LogP contribution in [0.15, 0.2) is 85.1 Å². The van der Waals surface area contributed by atoms with Gasteiger partial charge in [-0.2, -0.15) is 0 Å². The zero-order valence-corrected chi connectivity index (χ0v) is 37.6. The first-order valence-electron chi connectivity index (χ1n) is 24.3. The summed E-state index contributed by atoms with van der Waals surface area (Å²) in [7, 11) is 0. The number of carbonyl (C=O) groups is 1. The Morgan fingerprint density at radius 2 is 0.772 bits per heavy atom. The van der Waals surface area contributed by atoms with Crippen LogP contribution in [0.3, 0.4) is 0 Å². The summed E-state index contributed by atoms with van der Waals surface area (Å²) in [6.45, 7) is 4.23. The minimum absolute atomic E-state index is 0.0387. The number of hydrogen-bond donors (Lipinski definition) is 3. The van der Waals surface area contributed by atoms with Gasteiger partial charge in [0, 0.05) is 6.42 Å². The van der Waals surface area contributed by atoms with E-state index in [-0.39, 0.29) is 12.5 Å². The largest absolute Gasteiger partial charge is 0.394 e. The molecule has 2 atom stereocenters. The van der Waals surface area contributed by atoms with Crippen molar-refractivity contribution >= 4 is 5.91 Å². The van der Waals surface area contributed by atoms with Gasteiger partial charge in [0.15, 0.2) is 0 Å². The summed E-state index contributed by atoms with van der Waals surface area (Å²) in [6.07, 6.45) is 69.6. The van der Waals surface area contributed by atoms with Crippen molar-refractivity contribution in [3.8, 4) is 0 Å². The molecule has 0 fully saturated rings. The van der Waals surface area contributed by atoms with Crippen LogP contribution in [0.2, 0.25) is 0 Å². The van der Waals surface area contributed by atoms with E-state index in [0.29, 0.717) is 12.8 Å². The van der Waals surface area contributed by atoms with Gasteiger partial charge < -0.3 is 15.5 Å². The van der Waals surface area contributed by atoms with E-state index in [1.54, 1.807) is 0 Å². The maximum Gasteiger partial charge on any atom is 0.220 e. The molecular formula is C53H93NO3. The molecule has 0 saturated heterocycles. The summed E-state index contributed by atoms with van der Waals surface area (Å²) in [4.78, 5) is 12.4. The third kappa shape index (κ3) is 44.5. The fourth-order valence-electron chi connectivity index (χ4n) is 6.99. The molecule has 328 valence electrons. The molecule has 0 spiro atoms. The fourth-order valence-corrected chi connectivity index (χ4v) is 6.99. The number of aliphatic hydroxyl groups excluding tert-OH is 2. The van der Waals surface area contributed by atoms with Gasteiger partial charge in [-0.25, -0.2) is 0 Å². The Labute approximate surface area is 354 Å². The Morgan fingerprint density at radius 1 is 0.439 bits per heavy atom. The number of carbonyl (C=O) groups excluding carboxylic acids is 1. The number of nitrogens with one attached hydrogen (secondary N) is 1. The van der Waals surface area contributed by atoms with Gasteiger partial charge >= 0.3 is 0 Å². The maximum absolute atomic E-state index is 12.4. The Hall–Kier alpha value is -2.43. The van der Waals surface area contributed by atoms with E-state index in [1.165, 1.54) is 128 Å². The van der Waals surface area contributed by atoms with E-state index >= 15 is 0 Å².